The fraction of sp³-hybridized carbons (Fsp3) is 0.333. The zero-order chi connectivity index (χ0) is 12.8. The Morgan fingerprint density at radius 2 is 2.00 bits per heavy atom. The Labute approximate surface area is 106 Å². The lowest BCUT2D eigenvalue weighted by molar-refractivity contribution is -0.128. The molecule has 1 rings (SSSR count). The molecule has 0 atom stereocenters. The van der Waals surface area contributed by atoms with E-state index in [1.54, 1.807) is 36.2 Å². The van der Waals surface area contributed by atoms with Crippen molar-refractivity contribution in [1.82, 2.24) is 10.2 Å². The molecule has 2 amide bonds. The highest BCUT2D eigenvalue weighted by Gasteiger charge is 2.11. The van der Waals surface area contributed by atoms with Crippen molar-refractivity contribution in [3.63, 3.8) is 0 Å². The van der Waals surface area contributed by atoms with Crippen LogP contribution in [0.3, 0.4) is 0 Å². The van der Waals surface area contributed by atoms with Gasteiger partial charge in [0.2, 0.25) is 5.91 Å². The Hall–Kier alpha value is -1.49. The fourth-order valence-corrected chi connectivity index (χ4v) is 1.49. The van der Waals surface area contributed by atoms with Gasteiger partial charge in [0.15, 0.2) is 0 Å². The van der Waals surface area contributed by atoms with E-state index in [-0.39, 0.29) is 18.4 Å². The van der Waals surface area contributed by atoms with Crippen molar-refractivity contribution >= 4 is 24.4 Å². The van der Waals surface area contributed by atoms with Crippen molar-refractivity contribution in [2.24, 2.45) is 0 Å². The zero-order valence-corrected chi connectivity index (χ0v) is 10.8. The molecular weight excluding hydrogens is 236 g/mol. The van der Waals surface area contributed by atoms with Gasteiger partial charge in [-0.1, -0.05) is 12.1 Å². The first-order valence-electron chi connectivity index (χ1n) is 5.36. The third-order valence-corrected chi connectivity index (χ3v) is 2.84. The van der Waals surface area contributed by atoms with Crippen molar-refractivity contribution < 1.29 is 9.59 Å². The average Bonchev–Trinajstić information content (AvgIpc) is 2.35. The molecular formula is C12H16N2O2S. The highest BCUT2D eigenvalue weighted by Crippen LogP contribution is 2.12. The minimum absolute atomic E-state index is 0.00524. The number of carbonyl (C=O) groups excluding carboxylic acids is 2. The second-order valence-corrected chi connectivity index (χ2v) is 4.09. The van der Waals surface area contributed by atoms with Gasteiger partial charge in [0, 0.05) is 18.5 Å². The van der Waals surface area contributed by atoms with Crippen LogP contribution in [-0.4, -0.2) is 36.9 Å². The predicted molar refractivity (Wildman–Crippen MR) is 69.3 cm³/mol. The third-order valence-electron chi connectivity index (χ3n) is 2.45. The molecule has 92 valence electrons. The number of amides is 2. The van der Waals surface area contributed by atoms with Crippen LogP contribution >= 0.6 is 12.6 Å². The highest BCUT2D eigenvalue weighted by molar-refractivity contribution is 7.80. The molecule has 0 aliphatic carbocycles. The van der Waals surface area contributed by atoms with Gasteiger partial charge in [-0.25, -0.2) is 0 Å². The number of hydrogen-bond donors (Lipinski definition) is 2. The zero-order valence-electron chi connectivity index (χ0n) is 9.93. The Bertz CT molecular complexity index is 421. The van der Waals surface area contributed by atoms with Crippen LogP contribution in [0.4, 0.5) is 0 Å². The van der Waals surface area contributed by atoms with Gasteiger partial charge in [0.05, 0.1) is 12.1 Å². The lowest BCUT2D eigenvalue weighted by atomic mass is 10.2. The van der Waals surface area contributed by atoms with E-state index in [0.717, 1.165) is 0 Å². The van der Waals surface area contributed by atoms with Gasteiger partial charge in [0.25, 0.3) is 5.91 Å². The van der Waals surface area contributed by atoms with Crippen LogP contribution in [-0.2, 0) is 4.79 Å². The number of hydrogen-bond acceptors (Lipinski definition) is 3. The van der Waals surface area contributed by atoms with Gasteiger partial charge < -0.3 is 10.2 Å². The molecule has 17 heavy (non-hydrogen) atoms. The van der Waals surface area contributed by atoms with E-state index in [0.29, 0.717) is 17.0 Å². The average molecular weight is 252 g/mol. The molecule has 0 aromatic heterocycles. The molecule has 0 aliphatic rings. The number of rotatable bonds is 4. The number of likely N-dealkylation sites (N-methyl/N-ethyl adjacent to an activating group) is 1. The Morgan fingerprint density at radius 1 is 1.35 bits per heavy atom. The molecule has 5 heteroatoms. The number of nitrogens with one attached hydrogen (secondary N) is 1. The maximum atomic E-state index is 11.8. The second-order valence-electron chi connectivity index (χ2n) is 3.61. The summed E-state index contributed by atoms with van der Waals surface area (Å²) in [5, 5.41) is 2.58. The van der Waals surface area contributed by atoms with Gasteiger partial charge in [0.1, 0.15) is 0 Å². The Balaban J connectivity index is 2.57. The summed E-state index contributed by atoms with van der Waals surface area (Å²) in [5.41, 5.74) is 0.475. The van der Waals surface area contributed by atoms with Gasteiger partial charge in [-0.15, -0.1) is 12.6 Å². The number of benzene rings is 1. The van der Waals surface area contributed by atoms with Crippen molar-refractivity contribution in [3.8, 4) is 0 Å². The predicted octanol–water partition coefficient (Wildman–Crippen LogP) is 1.18. The maximum Gasteiger partial charge on any atom is 0.252 e. The molecule has 0 aliphatic heterocycles. The molecule has 0 radical (unpaired) electrons. The van der Waals surface area contributed by atoms with Crippen molar-refractivity contribution in [3.05, 3.63) is 29.8 Å². The van der Waals surface area contributed by atoms with Crippen molar-refractivity contribution in [1.29, 1.82) is 0 Å². The molecule has 0 bridgehead atoms. The van der Waals surface area contributed by atoms with E-state index in [1.807, 2.05) is 6.92 Å². The summed E-state index contributed by atoms with van der Waals surface area (Å²) in [7, 11) is 1.70. The normalized spacial score (nSPS) is 9.82. The molecule has 1 N–H and O–H groups in total. The Morgan fingerprint density at radius 3 is 2.59 bits per heavy atom. The van der Waals surface area contributed by atoms with E-state index in [2.05, 4.69) is 17.9 Å². The van der Waals surface area contributed by atoms with E-state index < -0.39 is 0 Å². The molecule has 0 spiro atoms. The summed E-state index contributed by atoms with van der Waals surface area (Å²) in [6.07, 6.45) is 0. The first kappa shape index (κ1) is 13.6. The lowest BCUT2D eigenvalue weighted by Crippen LogP contribution is -2.38. The maximum absolute atomic E-state index is 11.8. The minimum Gasteiger partial charge on any atom is -0.345 e. The molecule has 0 heterocycles. The third kappa shape index (κ3) is 3.78. The van der Waals surface area contributed by atoms with Crippen LogP contribution in [0.1, 0.15) is 17.3 Å². The Kier molecular flexibility index (Phi) is 5.03. The lowest BCUT2D eigenvalue weighted by Gasteiger charge is -2.14. The van der Waals surface area contributed by atoms with Crippen LogP contribution in [0.2, 0.25) is 0 Å². The highest BCUT2D eigenvalue weighted by atomic mass is 32.1. The van der Waals surface area contributed by atoms with Gasteiger partial charge in [-0.05, 0) is 19.1 Å². The van der Waals surface area contributed by atoms with Crippen LogP contribution in [0.5, 0.6) is 0 Å². The van der Waals surface area contributed by atoms with E-state index in [9.17, 15) is 9.59 Å². The topological polar surface area (TPSA) is 49.4 Å². The van der Waals surface area contributed by atoms with Crippen LogP contribution in [0.25, 0.3) is 0 Å². The first-order valence-corrected chi connectivity index (χ1v) is 5.81. The smallest absolute Gasteiger partial charge is 0.252 e. The molecule has 1 aromatic carbocycles. The molecule has 1 aromatic rings. The van der Waals surface area contributed by atoms with Gasteiger partial charge in [-0.2, -0.15) is 0 Å². The van der Waals surface area contributed by atoms with E-state index >= 15 is 0 Å². The molecule has 0 unspecified atom stereocenters. The number of carbonyl (C=O) groups is 2. The summed E-state index contributed by atoms with van der Waals surface area (Å²) in [4.78, 5) is 25.4. The van der Waals surface area contributed by atoms with Gasteiger partial charge in [-0.3, -0.25) is 9.59 Å². The summed E-state index contributed by atoms with van der Waals surface area (Å²) in [6.45, 7) is 2.51. The van der Waals surface area contributed by atoms with Crippen molar-refractivity contribution in [2.75, 3.05) is 20.1 Å². The van der Waals surface area contributed by atoms with Crippen molar-refractivity contribution in [2.45, 2.75) is 11.8 Å². The quantitative estimate of drug-likeness (QED) is 0.791. The molecule has 0 saturated heterocycles. The molecule has 0 saturated carbocycles. The van der Waals surface area contributed by atoms with E-state index in [1.165, 1.54) is 0 Å². The van der Waals surface area contributed by atoms with E-state index in [4.69, 9.17) is 0 Å². The fourth-order valence-electron chi connectivity index (χ4n) is 1.23. The minimum atomic E-state index is -0.284. The monoisotopic (exact) mass is 252 g/mol. The SMILES string of the molecule is CCN(C)C(=O)CNC(=O)c1ccccc1S. The summed E-state index contributed by atoms with van der Waals surface area (Å²) < 4.78 is 0. The van der Waals surface area contributed by atoms with Crippen LogP contribution < -0.4 is 5.32 Å². The summed E-state index contributed by atoms with van der Waals surface area (Å²) in [6, 6.07) is 6.97. The second kappa shape index (κ2) is 6.30. The van der Waals surface area contributed by atoms with Crippen LogP contribution in [0.15, 0.2) is 29.2 Å². The first-order chi connectivity index (χ1) is 8.06. The molecule has 4 nitrogen and oxygen atoms in total. The number of nitrogens with zero attached hydrogens (tertiary/aromatic N) is 1. The standard InChI is InChI=1S/C12H16N2O2S/c1-3-14(2)11(15)8-13-12(16)9-6-4-5-7-10(9)17/h4-7,17H,3,8H2,1-2H3,(H,13,16). The summed E-state index contributed by atoms with van der Waals surface area (Å²) >= 11 is 4.18. The largest absolute Gasteiger partial charge is 0.345 e. The summed E-state index contributed by atoms with van der Waals surface area (Å²) in [5.74, 6) is -0.397. The van der Waals surface area contributed by atoms with Gasteiger partial charge >= 0.3 is 0 Å². The number of thiol groups is 1. The van der Waals surface area contributed by atoms with Crippen LogP contribution in [0, 0.1) is 0 Å². The molecule has 0 fully saturated rings.